The van der Waals surface area contributed by atoms with E-state index in [0.717, 1.165) is 25.5 Å². The van der Waals surface area contributed by atoms with E-state index < -0.39 is 21.3 Å². The predicted molar refractivity (Wildman–Crippen MR) is 125 cm³/mol. The number of nitrogens with one attached hydrogen (secondary N) is 2. The smallest absolute Gasteiger partial charge is 0.330 e. The van der Waals surface area contributed by atoms with E-state index in [4.69, 9.17) is 5.73 Å². The number of piperidine rings is 1. The standard InChI is InChI=1S/C20H36N6O5S/c1-4-6-11-25(17-18(21)26(9-5-2)20(29)23-19(17)28)16(27)14-24-10-7-8-15(13-24)12-22-32(3,30)31/h15,22H,4-14,21H2,1-3H3,(H,23,28,29). The number of aromatic amines is 1. The SMILES string of the molecule is CCCCN(C(=O)CN1CCCC(CNS(C)(=O)=O)C1)c1c(N)n(CCC)c(=O)[nH]c1=O. The van der Waals surface area contributed by atoms with Gasteiger partial charge in [-0.1, -0.05) is 20.3 Å². The fourth-order valence-electron chi connectivity index (χ4n) is 3.97. The lowest BCUT2D eigenvalue weighted by Crippen LogP contribution is -2.48. The van der Waals surface area contributed by atoms with E-state index in [1.807, 2.05) is 18.7 Å². The van der Waals surface area contributed by atoms with Gasteiger partial charge in [0.05, 0.1) is 12.8 Å². The van der Waals surface area contributed by atoms with E-state index in [1.165, 1.54) is 9.47 Å². The van der Waals surface area contributed by atoms with Gasteiger partial charge in [-0.25, -0.2) is 17.9 Å². The van der Waals surface area contributed by atoms with E-state index >= 15 is 0 Å². The third-order valence-corrected chi connectivity index (χ3v) is 6.25. The Kier molecular flexibility index (Phi) is 9.47. The number of rotatable bonds is 11. The van der Waals surface area contributed by atoms with Crippen LogP contribution in [0.1, 0.15) is 46.0 Å². The lowest BCUT2D eigenvalue weighted by molar-refractivity contribution is -0.120. The number of carbonyl (C=O) groups is 1. The van der Waals surface area contributed by atoms with Crippen LogP contribution in [-0.2, 0) is 21.4 Å². The molecule has 4 N–H and O–H groups in total. The Labute approximate surface area is 189 Å². The molecule has 2 heterocycles. The molecule has 11 nitrogen and oxygen atoms in total. The molecule has 1 aliphatic heterocycles. The van der Waals surface area contributed by atoms with Gasteiger partial charge >= 0.3 is 5.69 Å². The van der Waals surface area contributed by atoms with Crippen molar-refractivity contribution in [3.05, 3.63) is 20.8 Å². The average Bonchev–Trinajstić information content (AvgIpc) is 2.71. The number of sulfonamides is 1. The highest BCUT2D eigenvalue weighted by atomic mass is 32.2. The Morgan fingerprint density at radius 2 is 2.00 bits per heavy atom. The van der Waals surface area contributed by atoms with Crippen LogP contribution in [0.25, 0.3) is 0 Å². The van der Waals surface area contributed by atoms with Crippen molar-refractivity contribution in [1.29, 1.82) is 0 Å². The average molecular weight is 473 g/mol. The number of H-pyrrole nitrogens is 1. The number of carbonyl (C=O) groups excluding carboxylic acids is 1. The molecule has 0 saturated carbocycles. The highest BCUT2D eigenvalue weighted by Gasteiger charge is 2.28. The van der Waals surface area contributed by atoms with E-state index in [0.29, 0.717) is 45.6 Å². The third-order valence-electron chi connectivity index (χ3n) is 5.56. The second-order valence-electron chi connectivity index (χ2n) is 8.41. The van der Waals surface area contributed by atoms with Crippen LogP contribution in [0, 0.1) is 5.92 Å². The Bertz CT molecular complexity index is 1000. The van der Waals surface area contributed by atoms with Crippen LogP contribution in [0.5, 0.6) is 0 Å². The van der Waals surface area contributed by atoms with Gasteiger partial charge in [0.1, 0.15) is 5.82 Å². The lowest BCUT2D eigenvalue weighted by atomic mass is 9.98. The number of anilines is 2. The van der Waals surface area contributed by atoms with Crippen LogP contribution in [0.3, 0.4) is 0 Å². The van der Waals surface area contributed by atoms with Crippen molar-refractivity contribution in [3.63, 3.8) is 0 Å². The number of hydrogen-bond acceptors (Lipinski definition) is 7. The summed E-state index contributed by atoms with van der Waals surface area (Å²) in [5.41, 5.74) is 4.95. The van der Waals surface area contributed by atoms with Gasteiger partial charge in [0.2, 0.25) is 15.9 Å². The number of amides is 1. The normalized spacial score (nSPS) is 17.4. The van der Waals surface area contributed by atoms with Gasteiger partial charge < -0.3 is 10.6 Å². The topological polar surface area (TPSA) is 151 Å². The summed E-state index contributed by atoms with van der Waals surface area (Å²) in [6.45, 7) is 6.25. The fraction of sp³-hybridized carbons (Fsp3) is 0.750. The molecule has 0 aliphatic carbocycles. The summed E-state index contributed by atoms with van der Waals surface area (Å²) in [4.78, 5) is 43.7. The van der Waals surface area contributed by atoms with Crippen LogP contribution < -0.4 is 26.6 Å². The molecule has 1 aromatic heterocycles. The molecule has 2 rings (SSSR count). The van der Waals surface area contributed by atoms with Gasteiger partial charge in [-0.05, 0) is 38.1 Å². The Balaban J connectivity index is 2.23. The monoisotopic (exact) mass is 472 g/mol. The van der Waals surface area contributed by atoms with Gasteiger partial charge in [-0.15, -0.1) is 0 Å². The first-order valence-electron chi connectivity index (χ1n) is 11.2. The second kappa shape index (κ2) is 11.6. The molecule has 1 unspecified atom stereocenters. The molecule has 32 heavy (non-hydrogen) atoms. The molecule has 0 aromatic carbocycles. The minimum Gasteiger partial charge on any atom is -0.383 e. The van der Waals surface area contributed by atoms with Crippen LogP contribution in [0.4, 0.5) is 11.5 Å². The molecule has 0 spiro atoms. The fourth-order valence-corrected chi connectivity index (χ4v) is 4.51. The van der Waals surface area contributed by atoms with Crippen LogP contribution in [0.15, 0.2) is 9.59 Å². The minimum atomic E-state index is -3.27. The van der Waals surface area contributed by atoms with Crippen molar-refractivity contribution in [2.24, 2.45) is 5.92 Å². The largest absolute Gasteiger partial charge is 0.383 e. The Hall–Kier alpha value is -2.18. The van der Waals surface area contributed by atoms with Gasteiger partial charge in [-0.2, -0.15) is 0 Å². The molecule has 0 radical (unpaired) electrons. The number of nitrogens with zero attached hydrogens (tertiary/aromatic N) is 3. The number of aromatic nitrogens is 2. The zero-order valence-electron chi connectivity index (χ0n) is 19.2. The summed E-state index contributed by atoms with van der Waals surface area (Å²) in [6.07, 6.45) is 5.00. The molecule has 1 saturated heterocycles. The first-order chi connectivity index (χ1) is 15.1. The van der Waals surface area contributed by atoms with Gasteiger partial charge in [0.15, 0.2) is 5.69 Å². The molecular weight excluding hydrogens is 436 g/mol. The van der Waals surface area contributed by atoms with E-state index in [1.54, 1.807) is 0 Å². The Morgan fingerprint density at radius 1 is 1.28 bits per heavy atom. The summed E-state index contributed by atoms with van der Waals surface area (Å²) in [7, 11) is -3.27. The van der Waals surface area contributed by atoms with E-state index in [-0.39, 0.29) is 29.9 Å². The maximum Gasteiger partial charge on any atom is 0.330 e. The van der Waals surface area contributed by atoms with Crippen molar-refractivity contribution in [2.75, 3.05) is 49.6 Å². The predicted octanol–water partition coefficient (Wildman–Crippen LogP) is -0.0769. The molecule has 1 atom stereocenters. The van der Waals surface area contributed by atoms with E-state index in [2.05, 4.69) is 9.71 Å². The van der Waals surface area contributed by atoms with Crippen LogP contribution >= 0.6 is 0 Å². The number of likely N-dealkylation sites (tertiary alicyclic amines) is 1. The number of nitrogen functional groups attached to an aromatic ring is 1. The molecule has 12 heteroatoms. The third kappa shape index (κ3) is 7.17. The molecule has 1 fully saturated rings. The van der Waals surface area contributed by atoms with Crippen LogP contribution in [0.2, 0.25) is 0 Å². The van der Waals surface area contributed by atoms with Crippen LogP contribution in [-0.4, -0.2) is 67.8 Å². The summed E-state index contributed by atoms with van der Waals surface area (Å²) in [5, 5.41) is 0. The maximum atomic E-state index is 13.3. The van der Waals surface area contributed by atoms with Crippen molar-refractivity contribution in [1.82, 2.24) is 19.2 Å². The number of nitrogens with two attached hydrogens (primary N) is 1. The van der Waals surface area contributed by atoms with E-state index in [9.17, 15) is 22.8 Å². The molecule has 182 valence electrons. The van der Waals surface area contributed by atoms with Gasteiger partial charge in [0, 0.05) is 26.2 Å². The first kappa shape index (κ1) is 26.1. The van der Waals surface area contributed by atoms with Crippen molar-refractivity contribution in [3.8, 4) is 0 Å². The molecular formula is C20H36N6O5S. The molecule has 1 aromatic rings. The Morgan fingerprint density at radius 3 is 2.62 bits per heavy atom. The summed E-state index contributed by atoms with van der Waals surface area (Å²) in [6, 6.07) is 0. The lowest BCUT2D eigenvalue weighted by Gasteiger charge is -2.34. The zero-order chi connectivity index (χ0) is 23.9. The van der Waals surface area contributed by atoms with Crippen molar-refractivity contribution < 1.29 is 13.2 Å². The quantitative estimate of drug-likeness (QED) is 0.408. The first-order valence-corrected chi connectivity index (χ1v) is 13.1. The summed E-state index contributed by atoms with van der Waals surface area (Å²) < 4.78 is 26.6. The van der Waals surface area contributed by atoms with Crippen molar-refractivity contribution in [2.45, 2.75) is 52.5 Å². The van der Waals surface area contributed by atoms with Gasteiger partial charge in [-0.3, -0.25) is 24.0 Å². The summed E-state index contributed by atoms with van der Waals surface area (Å²) in [5.74, 6) is -0.164. The number of unbranched alkanes of at least 4 members (excludes halogenated alkanes) is 1. The highest BCUT2D eigenvalue weighted by molar-refractivity contribution is 7.88. The molecule has 1 aliphatic rings. The highest BCUT2D eigenvalue weighted by Crippen LogP contribution is 2.20. The maximum absolute atomic E-state index is 13.3. The molecule has 0 bridgehead atoms. The summed E-state index contributed by atoms with van der Waals surface area (Å²) >= 11 is 0. The second-order valence-corrected chi connectivity index (χ2v) is 10.2. The van der Waals surface area contributed by atoms with Gasteiger partial charge in [0.25, 0.3) is 5.56 Å². The molecule has 1 amide bonds. The minimum absolute atomic E-state index is 0.000994. The number of hydrogen-bond donors (Lipinski definition) is 3. The van der Waals surface area contributed by atoms with Crippen molar-refractivity contribution >= 4 is 27.4 Å². The zero-order valence-corrected chi connectivity index (χ0v) is 20.0.